The van der Waals surface area contributed by atoms with Gasteiger partial charge in [0.25, 0.3) is 0 Å². The van der Waals surface area contributed by atoms with Gasteiger partial charge in [-0.2, -0.15) is 0 Å². The van der Waals surface area contributed by atoms with E-state index in [1.165, 1.54) is 12.1 Å². The van der Waals surface area contributed by atoms with Crippen molar-refractivity contribution >= 4 is 0 Å². The summed E-state index contributed by atoms with van der Waals surface area (Å²) < 4.78 is 18.6. The lowest BCUT2D eigenvalue weighted by Gasteiger charge is -2.26. The molecule has 0 saturated heterocycles. The van der Waals surface area contributed by atoms with Gasteiger partial charge in [-0.3, -0.25) is 4.90 Å². The first kappa shape index (κ1) is 15.7. The summed E-state index contributed by atoms with van der Waals surface area (Å²) >= 11 is 0. The normalized spacial score (nSPS) is 13.1. The Morgan fingerprint density at radius 2 is 1.90 bits per heavy atom. The Kier molecular flexibility index (Phi) is 5.09. The van der Waals surface area contributed by atoms with Gasteiger partial charge in [-0.15, -0.1) is 0 Å². The number of aliphatic hydroxyl groups is 1. The summed E-state index contributed by atoms with van der Waals surface area (Å²) in [7, 11) is 0. The first-order chi connectivity index (χ1) is 9.95. The summed E-state index contributed by atoms with van der Waals surface area (Å²) in [5, 5.41) is 9.53. The average molecular weight is 292 g/mol. The molecule has 0 aliphatic heterocycles. The Morgan fingerprint density at radius 3 is 2.48 bits per heavy atom. The van der Waals surface area contributed by atoms with E-state index in [-0.39, 0.29) is 11.9 Å². The molecule has 1 aromatic carbocycles. The molecule has 1 N–H and O–H groups in total. The molecule has 0 amide bonds. The van der Waals surface area contributed by atoms with Crippen LogP contribution in [0.3, 0.4) is 0 Å². The number of benzene rings is 1. The Balaban J connectivity index is 2.10. The van der Waals surface area contributed by atoms with E-state index in [0.717, 1.165) is 5.56 Å². The molecule has 1 atom stereocenters. The molecule has 0 aliphatic rings. The minimum atomic E-state index is -0.404. The van der Waals surface area contributed by atoms with Crippen molar-refractivity contribution in [2.24, 2.45) is 0 Å². The SMILES string of the molecule is CC(O)CN(Cc1ncc(-c2ccc(F)cc2)o1)C(C)C. The van der Waals surface area contributed by atoms with Gasteiger partial charge in [0.05, 0.1) is 18.8 Å². The maximum absolute atomic E-state index is 12.9. The van der Waals surface area contributed by atoms with E-state index in [4.69, 9.17) is 4.42 Å². The fourth-order valence-corrected chi connectivity index (χ4v) is 2.10. The quantitative estimate of drug-likeness (QED) is 0.889. The third kappa shape index (κ3) is 4.37. The smallest absolute Gasteiger partial charge is 0.209 e. The van der Waals surface area contributed by atoms with Crippen LogP contribution in [0, 0.1) is 5.82 Å². The summed E-state index contributed by atoms with van der Waals surface area (Å²) in [5.74, 6) is 0.927. The zero-order valence-corrected chi connectivity index (χ0v) is 12.6. The molecule has 0 aliphatic carbocycles. The fourth-order valence-electron chi connectivity index (χ4n) is 2.10. The van der Waals surface area contributed by atoms with Crippen molar-refractivity contribution in [2.75, 3.05) is 6.54 Å². The molecule has 21 heavy (non-hydrogen) atoms. The summed E-state index contributed by atoms with van der Waals surface area (Å²) in [6, 6.07) is 6.39. The van der Waals surface area contributed by atoms with Crippen molar-refractivity contribution in [3.05, 3.63) is 42.2 Å². The highest BCUT2D eigenvalue weighted by Gasteiger charge is 2.16. The summed E-state index contributed by atoms with van der Waals surface area (Å²) in [6.07, 6.45) is 1.24. The van der Waals surface area contributed by atoms with Crippen LogP contribution in [0.15, 0.2) is 34.9 Å². The lowest BCUT2D eigenvalue weighted by atomic mass is 10.2. The van der Waals surface area contributed by atoms with Crippen LogP contribution in [-0.2, 0) is 6.54 Å². The monoisotopic (exact) mass is 292 g/mol. The average Bonchev–Trinajstić information content (AvgIpc) is 2.87. The Hall–Kier alpha value is -1.72. The first-order valence-corrected chi connectivity index (χ1v) is 7.08. The predicted molar refractivity (Wildman–Crippen MR) is 79.1 cm³/mol. The summed E-state index contributed by atoms with van der Waals surface area (Å²) in [5.41, 5.74) is 0.793. The standard InChI is InChI=1S/C16H21FN2O2/c1-11(2)19(9-12(3)20)10-16-18-8-15(21-16)13-4-6-14(17)7-5-13/h4-8,11-12,20H,9-10H2,1-3H3. The molecule has 4 nitrogen and oxygen atoms in total. The van der Waals surface area contributed by atoms with E-state index < -0.39 is 6.10 Å². The molecule has 2 aromatic rings. The zero-order valence-electron chi connectivity index (χ0n) is 12.6. The van der Waals surface area contributed by atoms with E-state index in [9.17, 15) is 9.50 Å². The molecule has 1 aromatic heterocycles. The Bertz CT molecular complexity index is 564. The number of nitrogens with zero attached hydrogens (tertiary/aromatic N) is 2. The highest BCUT2D eigenvalue weighted by Crippen LogP contribution is 2.21. The molecule has 5 heteroatoms. The van der Waals surface area contributed by atoms with Crippen LogP contribution < -0.4 is 0 Å². The molecular formula is C16H21FN2O2. The molecule has 0 radical (unpaired) electrons. The fraction of sp³-hybridized carbons (Fsp3) is 0.438. The van der Waals surface area contributed by atoms with E-state index >= 15 is 0 Å². The number of rotatable bonds is 6. The molecule has 2 rings (SSSR count). The molecule has 0 saturated carbocycles. The second kappa shape index (κ2) is 6.83. The van der Waals surface area contributed by atoms with Gasteiger partial charge in [-0.1, -0.05) is 0 Å². The molecular weight excluding hydrogens is 271 g/mol. The molecule has 1 heterocycles. The number of oxazole rings is 1. The number of hydrogen-bond donors (Lipinski definition) is 1. The van der Waals surface area contributed by atoms with Crippen molar-refractivity contribution in [2.45, 2.75) is 39.5 Å². The van der Waals surface area contributed by atoms with Gasteiger partial charge in [0, 0.05) is 18.2 Å². The number of aliphatic hydroxyl groups excluding tert-OH is 1. The topological polar surface area (TPSA) is 49.5 Å². The van der Waals surface area contributed by atoms with Crippen LogP contribution in [0.25, 0.3) is 11.3 Å². The van der Waals surface area contributed by atoms with E-state index in [1.807, 2.05) is 0 Å². The number of halogens is 1. The van der Waals surface area contributed by atoms with Gasteiger partial charge in [0.1, 0.15) is 5.82 Å². The molecule has 0 spiro atoms. The molecule has 1 unspecified atom stereocenters. The highest BCUT2D eigenvalue weighted by atomic mass is 19.1. The van der Waals surface area contributed by atoms with Crippen LogP contribution in [-0.4, -0.2) is 33.7 Å². The van der Waals surface area contributed by atoms with E-state index in [2.05, 4.69) is 23.7 Å². The maximum atomic E-state index is 12.9. The van der Waals surface area contributed by atoms with Crippen LogP contribution in [0.5, 0.6) is 0 Å². The molecule has 0 fully saturated rings. The van der Waals surface area contributed by atoms with Gasteiger partial charge in [0.2, 0.25) is 5.89 Å². The van der Waals surface area contributed by atoms with Crippen molar-refractivity contribution in [3.63, 3.8) is 0 Å². The molecule has 0 bridgehead atoms. The Labute approximate surface area is 124 Å². The van der Waals surface area contributed by atoms with Gasteiger partial charge >= 0.3 is 0 Å². The van der Waals surface area contributed by atoms with Gasteiger partial charge in [0.15, 0.2) is 5.76 Å². The lowest BCUT2D eigenvalue weighted by molar-refractivity contribution is 0.0964. The van der Waals surface area contributed by atoms with Crippen LogP contribution >= 0.6 is 0 Å². The summed E-state index contributed by atoms with van der Waals surface area (Å²) in [4.78, 5) is 6.35. The third-order valence-corrected chi connectivity index (χ3v) is 3.25. The van der Waals surface area contributed by atoms with E-state index in [0.29, 0.717) is 24.7 Å². The zero-order chi connectivity index (χ0) is 15.4. The van der Waals surface area contributed by atoms with Crippen LogP contribution in [0.4, 0.5) is 4.39 Å². The van der Waals surface area contributed by atoms with Crippen molar-refractivity contribution in [1.82, 2.24) is 9.88 Å². The minimum Gasteiger partial charge on any atom is -0.439 e. The van der Waals surface area contributed by atoms with Crippen LogP contribution in [0.2, 0.25) is 0 Å². The minimum absolute atomic E-state index is 0.276. The maximum Gasteiger partial charge on any atom is 0.209 e. The van der Waals surface area contributed by atoms with Crippen molar-refractivity contribution in [1.29, 1.82) is 0 Å². The number of aromatic nitrogens is 1. The first-order valence-electron chi connectivity index (χ1n) is 7.08. The van der Waals surface area contributed by atoms with Crippen molar-refractivity contribution in [3.8, 4) is 11.3 Å². The Morgan fingerprint density at radius 1 is 1.24 bits per heavy atom. The van der Waals surface area contributed by atoms with Gasteiger partial charge in [-0.05, 0) is 45.0 Å². The third-order valence-electron chi connectivity index (χ3n) is 3.25. The number of hydrogen-bond acceptors (Lipinski definition) is 4. The second-order valence-corrected chi connectivity index (χ2v) is 5.50. The highest BCUT2D eigenvalue weighted by molar-refractivity contribution is 5.55. The van der Waals surface area contributed by atoms with Gasteiger partial charge < -0.3 is 9.52 Å². The van der Waals surface area contributed by atoms with Crippen LogP contribution in [0.1, 0.15) is 26.7 Å². The predicted octanol–water partition coefficient (Wildman–Crippen LogP) is 3.07. The largest absolute Gasteiger partial charge is 0.439 e. The summed E-state index contributed by atoms with van der Waals surface area (Å²) in [6.45, 7) is 6.98. The molecule has 114 valence electrons. The van der Waals surface area contributed by atoms with Gasteiger partial charge in [-0.25, -0.2) is 9.37 Å². The van der Waals surface area contributed by atoms with Crippen molar-refractivity contribution < 1.29 is 13.9 Å². The van der Waals surface area contributed by atoms with E-state index in [1.54, 1.807) is 25.3 Å². The second-order valence-electron chi connectivity index (χ2n) is 5.50. The lowest BCUT2D eigenvalue weighted by Crippen LogP contribution is -2.36.